The van der Waals surface area contributed by atoms with Gasteiger partial charge in [0.2, 0.25) is 0 Å². The molecule has 0 saturated heterocycles. The molecule has 0 spiro atoms. The number of pyridine rings is 1. The fraction of sp³-hybridized carbons (Fsp3) is 0. The molecule has 0 bridgehead atoms. The van der Waals surface area contributed by atoms with Crippen LogP contribution in [0, 0.1) is 0 Å². The lowest BCUT2D eigenvalue weighted by atomic mass is 10.4. The summed E-state index contributed by atoms with van der Waals surface area (Å²) in [5.41, 5.74) is 0.296. The first kappa shape index (κ1) is 15.7. The van der Waals surface area contributed by atoms with E-state index >= 15 is 0 Å². The first-order valence-corrected chi connectivity index (χ1v) is 8.48. The van der Waals surface area contributed by atoms with Crippen LogP contribution in [0.5, 0.6) is 0 Å². The maximum absolute atomic E-state index is 12.3. The summed E-state index contributed by atoms with van der Waals surface area (Å²) in [5, 5.41) is 4.40. The first-order valence-electron chi connectivity index (χ1n) is 6.24. The minimum atomic E-state index is -3.82. The SMILES string of the molecule is O=S(=O)(Nc1ccc(-n2cncn2)nc1)c1cc(Cl)cc(Cl)c1. The molecule has 0 aliphatic heterocycles. The quantitative estimate of drug-likeness (QED) is 0.763. The van der Waals surface area contributed by atoms with Crippen molar-refractivity contribution in [2.24, 2.45) is 0 Å². The molecule has 0 aliphatic carbocycles. The summed E-state index contributed by atoms with van der Waals surface area (Å²) in [6.07, 6.45) is 4.24. The van der Waals surface area contributed by atoms with Crippen LogP contribution in [-0.4, -0.2) is 28.2 Å². The molecule has 23 heavy (non-hydrogen) atoms. The second kappa shape index (κ2) is 6.15. The molecule has 2 heterocycles. The zero-order valence-corrected chi connectivity index (χ0v) is 13.7. The highest BCUT2D eigenvalue weighted by atomic mass is 35.5. The summed E-state index contributed by atoms with van der Waals surface area (Å²) in [7, 11) is -3.82. The van der Waals surface area contributed by atoms with E-state index in [0.717, 1.165) is 0 Å². The molecule has 7 nitrogen and oxygen atoms in total. The van der Waals surface area contributed by atoms with Crippen LogP contribution in [0.3, 0.4) is 0 Å². The summed E-state index contributed by atoms with van der Waals surface area (Å²) in [6.45, 7) is 0. The molecular weight excluding hydrogens is 361 g/mol. The van der Waals surface area contributed by atoms with Gasteiger partial charge in [0.25, 0.3) is 10.0 Å². The topological polar surface area (TPSA) is 89.8 Å². The molecule has 0 amide bonds. The Labute approximate surface area is 142 Å². The van der Waals surface area contributed by atoms with Gasteiger partial charge >= 0.3 is 0 Å². The molecule has 0 radical (unpaired) electrons. The van der Waals surface area contributed by atoms with Crippen LogP contribution in [0.2, 0.25) is 10.0 Å². The van der Waals surface area contributed by atoms with E-state index in [4.69, 9.17) is 23.2 Å². The fourth-order valence-electron chi connectivity index (χ4n) is 1.81. The Balaban J connectivity index is 1.86. The van der Waals surface area contributed by atoms with Gasteiger partial charge in [-0.05, 0) is 30.3 Å². The van der Waals surface area contributed by atoms with Crippen molar-refractivity contribution >= 4 is 38.9 Å². The van der Waals surface area contributed by atoms with Crippen molar-refractivity contribution in [1.29, 1.82) is 0 Å². The molecule has 0 fully saturated rings. The van der Waals surface area contributed by atoms with Crippen LogP contribution >= 0.6 is 23.2 Å². The Hall–Kier alpha value is -2.16. The van der Waals surface area contributed by atoms with Crippen molar-refractivity contribution in [3.8, 4) is 5.82 Å². The van der Waals surface area contributed by atoms with E-state index in [0.29, 0.717) is 11.5 Å². The minimum absolute atomic E-state index is 0.0321. The molecule has 3 aromatic rings. The average molecular weight is 370 g/mol. The van der Waals surface area contributed by atoms with Crippen molar-refractivity contribution in [3.05, 3.63) is 59.2 Å². The molecule has 3 rings (SSSR count). The van der Waals surface area contributed by atoms with Crippen molar-refractivity contribution in [2.75, 3.05) is 4.72 Å². The van der Waals surface area contributed by atoms with Crippen molar-refractivity contribution in [3.63, 3.8) is 0 Å². The fourth-order valence-corrected chi connectivity index (χ4v) is 3.57. The summed E-state index contributed by atoms with van der Waals surface area (Å²) in [4.78, 5) is 7.90. The van der Waals surface area contributed by atoms with Gasteiger partial charge in [0.1, 0.15) is 12.7 Å². The number of sulfonamides is 1. The third kappa shape index (κ3) is 3.61. The highest BCUT2D eigenvalue weighted by Crippen LogP contribution is 2.24. The number of anilines is 1. The maximum atomic E-state index is 12.3. The lowest BCUT2D eigenvalue weighted by molar-refractivity contribution is 0.601. The van der Waals surface area contributed by atoms with Gasteiger partial charge in [-0.25, -0.2) is 23.1 Å². The maximum Gasteiger partial charge on any atom is 0.262 e. The van der Waals surface area contributed by atoms with Crippen LogP contribution in [-0.2, 0) is 10.0 Å². The van der Waals surface area contributed by atoms with E-state index < -0.39 is 10.0 Å². The lowest BCUT2D eigenvalue weighted by Crippen LogP contribution is -2.13. The van der Waals surface area contributed by atoms with Crippen LogP contribution in [0.1, 0.15) is 0 Å². The molecular formula is C13H9Cl2N5O2S. The van der Waals surface area contributed by atoms with Gasteiger partial charge in [0.05, 0.1) is 16.8 Å². The predicted octanol–water partition coefficient (Wildman–Crippen LogP) is 2.77. The monoisotopic (exact) mass is 369 g/mol. The number of hydrogen-bond acceptors (Lipinski definition) is 5. The van der Waals surface area contributed by atoms with E-state index in [2.05, 4.69) is 19.8 Å². The second-order valence-electron chi connectivity index (χ2n) is 4.46. The van der Waals surface area contributed by atoms with E-state index in [9.17, 15) is 8.42 Å². The van der Waals surface area contributed by atoms with Gasteiger partial charge < -0.3 is 0 Å². The van der Waals surface area contributed by atoms with Crippen molar-refractivity contribution in [1.82, 2.24) is 19.7 Å². The lowest BCUT2D eigenvalue weighted by Gasteiger charge is -2.09. The molecule has 0 saturated carbocycles. The Kier molecular flexibility index (Phi) is 4.20. The predicted molar refractivity (Wildman–Crippen MR) is 86.4 cm³/mol. The second-order valence-corrected chi connectivity index (χ2v) is 7.01. The zero-order valence-electron chi connectivity index (χ0n) is 11.4. The van der Waals surface area contributed by atoms with E-state index in [-0.39, 0.29) is 14.9 Å². The number of benzene rings is 1. The number of aromatic nitrogens is 4. The van der Waals surface area contributed by atoms with E-state index in [1.807, 2.05) is 0 Å². The summed E-state index contributed by atoms with van der Waals surface area (Å²) >= 11 is 11.7. The molecule has 1 N–H and O–H groups in total. The minimum Gasteiger partial charge on any atom is -0.278 e. The summed E-state index contributed by atoms with van der Waals surface area (Å²) < 4.78 is 28.5. The molecule has 1 aromatic carbocycles. The Morgan fingerprint density at radius 1 is 1.09 bits per heavy atom. The number of hydrogen-bond donors (Lipinski definition) is 1. The standard InChI is InChI=1S/C13H9Cl2N5O2S/c14-9-3-10(15)5-12(4-9)23(21,22)19-11-1-2-13(17-6-11)20-8-16-7-18-20/h1-8,19H. The summed E-state index contributed by atoms with van der Waals surface area (Å²) in [5.74, 6) is 0.510. The molecule has 0 unspecified atom stereocenters. The Bertz CT molecular complexity index is 907. The van der Waals surface area contributed by atoms with E-state index in [1.54, 1.807) is 12.1 Å². The molecule has 0 aliphatic rings. The average Bonchev–Trinajstić information content (AvgIpc) is 3.01. The molecule has 0 atom stereocenters. The van der Waals surface area contributed by atoms with E-state index in [1.165, 1.54) is 41.7 Å². The molecule has 2 aromatic heterocycles. The molecule has 118 valence electrons. The highest BCUT2D eigenvalue weighted by molar-refractivity contribution is 7.92. The Morgan fingerprint density at radius 2 is 1.83 bits per heavy atom. The number of halogens is 2. The number of rotatable bonds is 4. The number of nitrogens with zero attached hydrogens (tertiary/aromatic N) is 4. The highest BCUT2D eigenvalue weighted by Gasteiger charge is 2.16. The van der Waals surface area contributed by atoms with Crippen LogP contribution in [0.4, 0.5) is 5.69 Å². The van der Waals surface area contributed by atoms with Gasteiger partial charge in [0, 0.05) is 10.0 Å². The normalized spacial score (nSPS) is 11.4. The Morgan fingerprint density at radius 3 is 2.39 bits per heavy atom. The van der Waals surface area contributed by atoms with Gasteiger partial charge in [-0.3, -0.25) is 4.72 Å². The zero-order chi connectivity index (χ0) is 16.4. The summed E-state index contributed by atoms with van der Waals surface area (Å²) in [6, 6.07) is 7.25. The smallest absolute Gasteiger partial charge is 0.262 e. The van der Waals surface area contributed by atoms with Crippen LogP contribution in [0.15, 0.2) is 54.1 Å². The molecule has 10 heteroatoms. The van der Waals surface area contributed by atoms with Gasteiger partial charge in [-0.2, -0.15) is 5.10 Å². The van der Waals surface area contributed by atoms with Gasteiger partial charge in [-0.1, -0.05) is 23.2 Å². The number of nitrogens with one attached hydrogen (secondary N) is 1. The van der Waals surface area contributed by atoms with Crippen LogP contribution < -0.4 is 4.72 Å². The van der Waals surface area contributed by atoms with Crippen molar-refractivity contribution in [2.45, 2.75) is 4.90 Å². The third-order valence-electron chi connectivity index (χ3n) is 2.80. The van der Waals surface area contributed by atoms with Crippen LogP contribution in [0.25, 0.3) is 5.82 Å². The van der Waals surface area contributed by atoms with Gasteiger partial charge in [-0.15, -0.1) is 0 Å². The van der Waals surface area contributed by atoms with Crippen molar-refractivity contribution < 1.29 is 8.42 Å². The van der Waals surface area contributed by atoms with Gasteiger partial charge in [0.15, 0.2) is 5.82 Å². The third-order valence-corrected chi connectivity index (χ3v) is 4.60. The largest absolute Gasteiger partial charge is 0.278 e. The first-order chi connectivity index (χ1) is 10.9.